The fraction of sp³-hybridized carbons (Fsp3) is 0.923. The highest BCUT2D eigenvalue weighted by atomic mass is 16.6. The lowest BCUT2D eigenvalue weighted by molar-refractivity contribution is 0.0187. The maximum atomic E-state index is 12.2. The molecular weight excluding hydrogens is 232 g/mol. The van der Waals surface area contributed by atoms with Crippen molar-refractivity contribution < 1.29 is 14.3 Å². The zero-order valence-corrected chi connectivity index (χ0v) is 11.5. The molecule has 5 nitrogen and oxygen atoms in total. The number of nitrogens with zero attached hydrogens (tertiary/aromatic N) is 1. The molecule has 2 aliphatic heterocycles. The van der Waals surface area contributed by atoms with E-state index in [1.165, 1.54) is 0 Å². The van der Waals surface area contributed by atoms with Gasteiger partial charge in [-0.1, -0.05) is 0 Å². The van der Waals surface area contributed by atoms with Gasteiger partial charge in [0.15, 0.2) is 0 Å². The minimum absolute atomic E-state index is 0.177. The monoisotopic (exact) mass is 256 g/mol. The molecule has 0 aromatic rings. The lowest BCUT2D eigenvalue weighted by atomic mass is 9.91. The van der Waals surface area contributed by atoms with Gasteiger partial charge in [-0.05, 0) is 39.7 Å². The van der Waals surface area contributed by atoms with E-state index in [1.807, 2.05) is 25.7 Å². The van der Waals surface area contributed by atoms with Crippen LogP contribution in [0.1, 0.15) is 27.2 Å². The van der Waals surface area contributed by atoms with E-state index >= 15 is 0 Å². The average Bonchev–Trinajstić information content (AvgIpc) is 2.78. The van der Waals surface area contributed by atoms with E-state index in [4.69, 9.17) is 15.2 Å². The van der Waals surface area contributed by atoms with Crippen molar-refractivity contribution >= 4 is 6.09 Å². The van der Waals surface area contributed by atoms with Crippen LogP contribution >= 0.6 is 0 Å². The minimum atomic E-state index is -0.446. The van der Waals surface area contributed by atoms with Crippen molar-refractivity contribution in [2.75, 3.05) is 26.3 Å². The molecule has 18 heavy (non-hydrogen) atoms. The highest BCUT2D eigenvalue weighted by Gasteiger charge is 2.47. The first-order valence-corrected chi connectivity index (χ1v) is 6.70. The molecule has 2 N–H and O–H groups in total. The van der Waals surface area contributed by atoms with E-state index in [1.54, 1.807) is 0 Å². The van der Waals surface area contributed by atoms with Gasteiger partial charge in [0, 0.05) is 12.5 Å². The maximum Gasteiger partial charge on any atom is 0.410 e. The third-order valence-electron chi connectivity index (χ3n) is 3.70. The first-order valence-electron chi connectivity index (χ1n) is 6.70. The van der Waals surface area contributed by atoms with Crippen LogP contribution in [0.15, 0.2) is 0 Å². The third kappa shape index (κ3) is 2.78. The van der Waals surface area contributed by atoms with Crippen molar-refractivity contribution in [2.24, 2.45) is 17.6 Å². The number of fused-ring (bicyclic) bond motifs is 1. The topological polar surface area (TPSA) is 64.8 Å². The van der Waals surface area contributed by atoms with Crippen LogP contribution in [-0.4, -0.2) is 48.9 Å². The molecule has 0 aliphatic carbocycles. The van der Waals surface area contributed by atoms with Gasteiger partial charge in [0.25, 0.3) is 0 Å². The summed E-state index contributed by atoms with van der Waals surface area (Å²) in [7, 11) is 0. The number of hydrogen-bond acceptors (Lipinski definition) is 4. The molecule has 2 heterocycles. The zero-order valence-electron chi connectivity index (χ0n) is 11.5. The molecular formula is C13H24N2O3. The van der Waals surface area contributed by atoms with E-state index < -0.39 is 5.60 Å². The molecule has 5 heteroatoms. The lowest BCUT2D eigenvalue weighted by Gasteiger charge is -2.27. The van der Waals surface area contributed by atoms with Crippen molar-refractivity contribution in [2.45, 2.75) is 38.8 Å². The van der Waals surface area contributed by atoms with E-state index in [9.17, 15) is 4.79 Å². The summed E-state index contributed by atoms with van der Waals surface area (Å²) < 4.78 is 11.0. The quantitative estimate of drug-likeness (QED) is 0.806. The first-order chi connectivity index (χ1) is 8.42. The summed E-state index contributed by atoms with van der Waals surface area (Å²) in [4.78, 5) is 14.0. The maximum absolute atomic E-state index is 12.2. The Morgan fingerprint density at radius 1 is 1.44 bits per heavy atom. The summed E-state index contributed by atoms with van der Waals surface area (Å²) in [5.41, 5.74) is 5.19. The Kier molecular flexibility index (Phi) is 3.82. The second-order valence-corrected chi connectivity index (χ2v) is 6.24. The highest BCUT2D eigenvalue weighted by molar-refractivity contribution is 5.69. The summed E-state index contributed by atoms with van der Waals surface area (Å²) >= 11 is 0. The van der Waals surface area contributed by atoms with Gasteiger partial charge in [-0.2, -0.15) is 0 Å². The van der Waals surface area contributed by atoms with Gasteiger partial charge in [0.2, 0.25) is 0 Å². The Morgan fingerprint density at radius 2 is 2.17 bits per heavy atom. The summed E-state index contributed by atoms with van der Waals surface area (Å²) in [6.07, 6.45) is 0.728. The Morgan fingerprint density at radius 3 is 2.78 bits per heavy atom. The molecule has 2 aliphatic rings. The number of likely N-dealkylation sites (tertiary alicyclic amines) is 1. The molecule has 0 radical (unpaired) electrons. The van der Waals surface area contributed by atoms with Gasteiger partial charge in [-0.3, -0.25) is 0 Å². The third-order valence-corrected chi connectivity index (χ3v) is 3.70. The molecule has 0 bridgehead atoms. The SMILES string of the molecule is CC(C)(C)OC(=O)N1CC(CCN)C2COCC21. The van der Waals surface area contributed by atoms with Gasteiger partial charge in [-0.25, -0.2) is 4.79 Å². The molecule has 0 saturated carbocycles. The second-order valence-electron chi connectivity index (χ2n) is 6.24. The van der Waals surface area contributed by atoms with Crippen LogP contribution in [0.4, 0.5) is 4.79 Å². The molecule has 0 aromatic heterocycles. The first kappa shape index (κ1) is 13.6. The Hall–Kier alpha value is -0.810. The number of hydrogen-bond donors (Lipinski definition) is 1. The second kappa shape index (κ2) is 5.05. The molecule has 104 valence electrons. The van der Waals surface area contributed by atoms with Crippen molar-refractivity contribution in [1.82, 2.24) is 4.90 Å². The summed E-state index contributed by atoms with van der Waals surface area (Å²) in [5, 5.41) is 0. The fourth-order valence-electron chi connectivity index (χ4n) is 2.90. The summed E-state index contributed by atoms with van der Waals surface area (Å²) in [6, 6.07) is 0.177. The largest absolute Gasteiger partial charge is 0.444 e. The van der Waals surface area contributed by atoms with Gasteiger partial charge in [-0.15, -0.1) is 0 Å². The fourth-order valence-corrected chi connectivity index (χ4v) is 2.90. The van der Waals surface area contributed by atoms with Crippen LogP contribution in [-0.2, 0) is 9.47 Å². The minimum Gasteiger partial charge on any atom is -0.444 e. The molecule has 2 saturated heterocycles. The van der Waals surface area contributed by atoms with E-state index in [-0.39, 0.29) is 12.1 Å². The predicted molar refractivity (Wildman–Crippen MR) is 68.2 cm³/mol. The van der Waals surface area contributed by atoms with Crippen LogP contribution in [0.2, 0.25) is 0 Å². The van der Waals surface area contributed by atoms with E-state index in [0.717, 1.165) is 19.6 Å². The number of nitrogens with two attached hydrogens (primary N) is 1. The normalized spacial score (nSPS) is 31.6. The summed E-state index contributed by atoms with van der Waals surface area (Å²) in [6.45, 7) is 8.46. The lowest BCUT2D eigenvalue weighted by Crippen LogP contribution is -2.41. The molecule has 3 unspecified atom stereocenters. The molecule has 0 aromatic carbocycles. The van der Waals surface area contributed by atoms with Gasteiger partial charge < -0.3 is 20.1 Å². The molecule has 2 fully saturated rings. The van der Waals surface area contributed by atoms with Gasteiger partial charge in [0.05, 0.1) is 19.3 Å². The van der Waals surface area contributed by atoms with Crippen molar-refractivity contribution in [3.8, 4) is 0 Å². The molecule has 0 spiro atoms. The van der Waals surface area contributed by atoms with Crippen LogP contribution in [0.25, 0.3) is 0 Å². The highest BCUT2D eigenvalue weighted by Crippen LogP contribution is 2.36. The van der Waals surface area contributed by atoms with Gasteiger partial charge >= 0.3 is 6.09 Å². The van der Waals surface area contributed by atoms with E-state index in [0.29, 0.717) is 25.0 Å². The zero-order chi connectivity index (χ0) is 13.3. The Labute approximate surface area is 109 Å². The van der Waals surface area contributed by atoms with Crippen molar-refractivity contribution in [1.29, 1.82) is 0 Å². The average molecular weight is 256 g/mol. The van der Waals surface area contributed by atoms with Crippen molar-refractivity contribution in [3.63, 3.8) is 0 Å². The van der Waals surface area contributed by atoms with E-state index in [2.05, 4.69) is 0 Å². The number of carbonyl (C=O) groups excluding carboxylic acids is 1. The summed E-state index contributed by atoms with van der Waals surface area (Å²) in [5.74, 6) is 0.885. The Balaban J connectivity index is 2.03. The number of ether oxygens (including phenoxy) is 2. The number of rotatable bonds is 2. The standard InChI is InChI=1S/C13H24N2O3/c1-13(2,3)18-12(16)15-6-9(4-5-14)10-7-17-8-11(10)15/h9-11H,4-8,14H2,1-3H3. The number of amides is 1. The van der Waals surface area contributed by atoms with Crippen LogP contribution in [0, 0.1) is 11.8 Å². The molecule has 3 atom stereocenters. The number of carbonyl (C=O) groups is 1. The van der Waals surface area contributed by atoms with Crippen LogP contribution in [0.3, 0.4) is 0 Å². The molecule has 2 rings (SSSR count). The van der Waals surface area contributed by atoms with Gasteiger partial charge in [0.1, 0.15) is 5.60 Å². The van der Waals surface area contributed by atoms with Crippen molar-refractivity contribution in [3.05, 3.63) is 0 Å². The van der Waals surface area contributed by atoms with Crippen LogP contribution in [0.5, 0.6) is 0 Å². The molecule has 1 amide bonds. The Bertz CT molecular complexity index is 314. The smallest absolute Gasteiger partial charge is 0.410 e. The van der Waals surface area contributed by atoms with Crippen LogP contribution < -0.4 is 5.73 Å². The predicted octanol–water partition coefficient (Wildman–Crippen LogP) is 1.22.